The molecule has 102 valence electrons. The summed E-state index contributed by atoms with van der Waals surface area (Å²) in [6.07, 6.45) is 8.46. The van der Waals surface area contributed by atoms with Crippen molar-refractivity contribution in [2.24, 2.45) is 4.99 Å². The lowest BCUT2D eigenvalue weighted by Gasteiger charge is -2.17. The second kappa shape index (κ2) is 12.1. The van der Waals surface area contributed by atoms with E-state index in [4.69, 9.17) is 0 Å². The van der Waals surface area contributed by atoms with Gasteiger partial charge in [0.1, 0.15) is 0 Å². The summed E-state index contributed by atoms with van der Waals surface area (Å²) in [5.74, 6) is 2.14. The van der Waals surface area contributed by atoms with Gasteiger partial charge >= 0.3 is 0 Å². The molecule has 1 atom stereocenters. The smallest absolute Gasteiger partial charge is 0.191 e. The average molecular weight is 259 g/mol. The highest BCUT2D eigenvalue weighted by Gasteiger charge is 2.03. The number of aliphatic imine (C=N–C) groups is 1. The molecule has 0 heterocycles. The summed E-state index contributed by atoms with van der Waals surface area (Å²) in [6.45, 7) is 5.47. The van der Waals surface area contributed by atoms with E-state index < -0.39 is 0 Å². The van der Waals surface area contributed by atoms with Crippen molar-refractivity contribution in [2.75, 3.05) is 25.6 Å². The van der Waals surface area contributed by atoms with Gasteiger partial charge in [-0.3, -0.25) is 4.99 Å². The van der Waals surface area contributed by atoms with Crippen LogP contribution in [0.4, 0.5) is 0 Å². The Morgan fingerprint density at radius 2 is 2.06 bits per heavy atom. The van der Waals surface area contributed by atoms with Gasteiger partial charge in [0, 0.05) is 19.6 Å². The maximum atomic E-state index is 4.24. The van der Waals surface area contributed by atoms with E-state index >= 15 is 0 Å². The Morgan fingerprint density at radius 3 is 2.65 bits per heavy atom. The van der Waals surface area contributed by atoms with E-state index in [1.165, 1.54) is 37.9 Å². The van der Waals surface area contributed by atoms with Gasteiger partial charge < -0.3 is 10.6 Å². The van der Waals surface area contributed by atoms with E-state index in [0.29, 0.717) is 6.04 Å². The summed E-state index contributed by atoms with van der Waals surface area (Å²) in [7, 11) is 1.84. The van der Waals surface area contributed by atoms with E-state index in [9.17, 15) is 0 Å². The molecular weight excluding hydrogens is 230 g/mol. The molecule has 0 radical (unpaired) electrons. The van der Waals surface area contributed by atoms with Gasteiger partial charge in [0.15, 0.2) is 5.96 Å². The second-order valence-corrected chi connectivity index (χ2v) is 5.37. The molecular formula is C13H29N3S. The number of thioether (sulfide) groups is 1. The summed E-state index contributed by atoms with van der Waals surface area (Å²) < 4.78 is 0. The van der Waals surface area contributed by atoms with Gasteiger partial charge in [-0.25, -0.2) is 0 Å². The molecule has 1 unspecified atom stereocenters. The summed E-state index contributed by atoms with van der Waals surface area (Å²) >= 11 is 1.89. The van der Waals surface area contributed by atoms with Crippen LogP contribution in [0.5, 0.6) is 0 Å². The van der Waals surface area contributed by atoms with Crippen LogP contribution in [-0.4, -0.2) is 37.6 Å². The third kappa shape index (κ3) is 10.5. The number of hydrogen-bond donors (Lipinski definition) is 2. The quantitative estimate of drug-likeness (QED) is 0.380. The third-order valence-corrected chi connectivity index (χ3v) is 3.36. The monoisotopic (exact) mass is 259 g/mol. The number of nitrogens with one attached hydrogen (secondary N) is 2. The molecule has 0 aromatic heterocycles. The van der Waals surface area contributed by atoms with Crippen LogP contribution in [0.2, 0.25) is 0 Å². The van der Waals surface area contributed by atoms with Gasteiger partial charge in [0.05, 0.1) is 0 Å². The molecule has 0 rings (SSSR count). The predicted octanol–water partition coefficient (Wildman–Crippen LogP) is 2.87. The van der Waals surface area contributed by atoms with Gasteiger partial charge in [-0.05, 0) is 31.8 Å². The first-order valence-corrected chi connectivity index (χ1v) is 8.10. The van der Waals surface area contributed by atoms with Gasteiger partial charge in [-0.1, -0.05) is 26.2 Å². The Hall–Kier alpha value is -0.380. The zero-order valence-electron chi connectivity index (χ0n) is 11.9. The largest absolute Gasteiger partial charge is 0.356 e. The topological polar surface area (TPSA) is 36.4 Å². The Balaban J connectivity index is 3.65. The van der Waals surface area contributed by atoms with E-state index in [0.717, 1.165) is 12.5 Å². The molecule has 0 aliphatic carbocycles. The van der Waals surface area contributed by atoms with E-state index in [1.807, 2.05) is 18.8 Å². The van der Waals surface area contributed by atoms with Crippen molar-refractivity contribution in [1.29, 1.82) is 0 Å². The minimum absolute atomic E-state index is 0.508. The van der Waals surface area contributed by atoms with Crippen molar-refractivity contribution in [1.82, 2.24) is 10.6 Å². The van der Waals surface area contributed by atoms with E-state index in [2.05, 4.69) is 35.7 Å². The maximum Gasteiger partial charge on any atom is 0.191 e. The Bertz CT molecular complexity index is 195. The normalized spacial score (nSPS) is 13.5. The fraction of sp³-hybridized carbons (Fsp3) is 0.923. The first-order chi connectivity index (χ1) is 8.24. The summed E-state index contributed by atoms with van der Waals surface area (Å²) in [5, 5.41) is 6.79. The molecule has 0 saturated heterocycles. The molecule has 0 aliphatic rings. The van der Waals surface area contributed by atoms with Crippen LogP contribution in [-0.2, 0) is 0 Å². The maximum absolute atomic E-state index is 4.24. The van der Waals surface area contributed by atoms with Gasteiger partial charge in [-0.2, -0.15) is 11.8 Å². The summed E-state index contributed by atoms with van der Waals surface area (Å²) in [5.41, 5.74) is 0. The molecule has 0 fully saturated rings. The Kier molecular flexibility index (Phi) is 11.8. The van der Waals surface area contributed by atoms with Crippen LogP contribution in [0.3, 0.4) is 0 Å². The zero-order valence-corrected chi connectivity index (χ0v) is 12.7. The fourth-order valence-corrected chi connectivity index (χ4v) is 2.06. The highest BCUT2D eigenvalue weighted by Crippen LogP contribution is 2.02. The summed E-state index contributed by atoms with van der Waals surface area (Å²) in [4.78, 5) is 4.24. The van der Waals surface area contributed by atoms with Crippen LogP contribution in [0.15, 0.2) is 4.99 Å². The molecule has 0 spiro atoms. The van der Waals surface area contributed by atoms with Gasteiger partial charge in [0.25, 0.3) is 0 Å². The van der Waals surface area contributed by atoms with Gasteiger partial charge in [0.2, 0.25) is 0 Å². The molecule has 0 saturated carbocycles. The number of guanidine groups is 1. The standard InChI is InChI=1S/C13H29N3S/c1-5-6-7-9-12(2)16-13(14-3)15-10-8-11-17-4/h12H,5-11H2,1-4H3,(H2,14,15,16). The number of nitrogens with zero attached hydrogens (tertiary/aromatic N) is 1. The van der Waals surface area contributed by atoms with Crippen molar-refractivity contribution in [3.63, 3.8) is 0 Å². The van der Waals surface area contributed by atoms with Crippen LogP contribution < -0.4 is 10.6 Å². The molecule has 0 aliphatic heterocycles. The SMILES string of the molecule is CCCCCC(C)NC(=NC)NCCCSC. The molecule has 3 nitrogen and oxygen atoms in total. The molecule has 0 bridgehead atoms. The highest BCUT2D eigenvalue weighted by atomic mass is 32.2. The molecule has 2 N–H and O–H groups in total. The van der Waals surface area contributed by atoms with Crippen LogP contribution >= 0.6 is 11.8 Å². The molecule has 4 heteroatoms. The number of unbranched alkanes of at least 4 members (excludes halogenated alkanes) is 2. The number of rotatable bonds is 9. The molecule has 0 aromatic rings. The van der Waals surface area contributed by atoms with Crippen LogP contribution in [0.1, 0.15) is 46.0 Å². The van der Waals surface area contributed by atoms with Crippen molar-refractivity contribution in [3.8, 4) is 0 Å². The third-order valence-electron chi connectivity index (χ3n) is 2.67. The summed E-state index contributed by atoms with van der Waals surface area (Å²) in [6, 6.07) is 0.508. The highest BCUT2D eigenvalue weighted by molar-refractivity contribution is 7.98. The lowest BCUT2D eigenvalue weighted by molar-refractivity contribution is 0.546. The molecule has 17 heavy (non-hydrogen) atoms. The minimum Gasteiger partial charge on any atom is -0.356 e. The Labute approximate surface area is 111 Å². The predicted molar refractivity (Wildman–Crippen MR) is 81.1 cm³/mol. The Morgan fingerprint density at radius 1 is 1.29 bits per heavy atom. The minimum atomic E-state index is 0.508. The molecule has 0 aromatic carbocycles. The van der Waals surface area contributed by atoms with E-state index in [1.54, 1.807) is 0 Å². The van der Waals surface area contributed by atoms with Crippen LogP contribution in [0.25, 0.3) is 0 Å². The van der Waals surface area contributed by atoms with Crippen molar-refractivity contribution < 1.29 is 0 Å². The average Bonchev–Trinajstić information content (AvgIpc) is 2.33. The zero-order chi connectivity index (χ0) is 12.9. The fourth-order valence-electron chi connectivity index (χ4n) is 1.62. The lowest BCUT2D eigenvalue weighted by Crippen LogP contribution is -2.42. The lowest BCUT2D eigenvalue weighted by atomic mass is 10.1. The first kappa shape index (κ1) is 16.6. The van der Waals surface area contributed by atoms with Crippen molar-refractivity contribution in [3.05, 3.63) is 0 Å². The molecule has 0 amide bonds. The second-order valence-electron chi connectivity index (χ2n) is 4.39. The first-order valence-electron chi connectivity index (χ1n) is 6.70. The van der Waals surface area contributed by atoms with Crippen LogP contribution in [0, 0.1) is 0 Å². The van der Waals surface area contributed by atoms with Crippen molar-refractivity contribution >= 4 is 17.7 Å². The number of hydrogen-bond acceptors (Lipinski definition) is 2. The van der Waals surface area contributed by atoms with Gasteiger partial charge in [-0.15, -0.1) is 0 Å². The van der Waals surface area contributed by atoms with Crippen molar-refractivity contribution in [2.45, 2.75) is 52.0 Å². The van der Waals surface area contributed by atoms with E-state index in [-0.39, 0.29) is 0 Å².